The lowest BCUT2D eigenvalue weighted by Crippen LogP contribution is -2.28. The summed E-state index contributed by atoms with van der Waals surface area (Å²) in [7, 11) is 0. The van der Waals surface area contributed by atoms with Crippen LogP contribution in [0.4, 0.5) is 0 Å². The maximum Gasteiger partial charge on any atom is 0.347 e. The van der Waals surface area contributed by atoms with Gasteiger partial charge in [0.2, 0.25) is 0 Å². The molecule has 6 nitrogen and oxygen atoms in total. The molecule has 3 rings (SSSR count). The number of benzene rings is 2. The van der Waals surface area contributed by atoms with Gasteiger partial charge in [-0.1, -0.05) is 28.1 Å². The minimum absolute atomic E-state index is 0.271. The number of esters is 1. The number of H-pyrrole nitrogens is 1. The molecule has 0 aliphatic rings. The van der Waals surface area contributed by atoms with Crippen molar-refractivity contribution in [3.05, 3.63) is 69.2 Å². The summed E-state index contributed by atoms with van der Waals surface area (Å²) < 4.78 is 11.9. The zero-order valence-electron chi connectivity index (χ0n) is 14.2. The first kappa shape index (κ1) is 18.1. The van der Waals surface area contributed by atoms with Gasteiger partial charge in [-0.3, -0.25) is 4.79 Å². The topological polar surface area (TPSA) is 81.3 Å². The number of carbonyl (C=O) groups is 1. The molecule has 0 aliphatic carbocycles. The first-order chi connectivity index (χ1) is 12.4. The highest BCUT2D eigenvalue weighted by Crippen LogP contribution is 2.19. The standard InChI is InChI=1S/C19H17BrN2O4/c1-11(17-21-16-6-4-3-5-15(16)18(23)22-17)26-19(24)12(2)25-14-9-7-13(20)8-10-14/h3-12H,1-2H3,(H,21,22,23). The van der Waals surface area contributed by atoms with Crippen molar-refractivity contribution >= 4 is 32.8 Å². The van der Waals surface area contributed by atoms with Crippen molar-refractivity contribution in [2.75, 3.05) is 0 Å². The third-order valence-electron chi connectivity index (χ3n) is 3.77. The van der Waals surface area contributed by atoms with Crippen LogP contribution < -0.4 is 10.3 Å². The number of halogens is 1. The Hall–Kier alpha value is -2.67. The van der Waals surface area contributed by atoms with E-state index in [2.05, 4.69) is 25.9 Å². The minimum Gasteiger partial charge on any atom is -0.479 e. The van der Waals surface area contributed by atoms with Gasteiger partial charge in [0.1, 0.15) is 5.75 Å². The maximum atomic E-state index is 12.3. The number of fused-ring (bicyclic) bond motifs is 1. The van der Waals surface area contributed by atoms with E-state index in [1.165, 1.54) is 0 Å². The van der Waals surface area contributed by atoms with Crippen molar-refractivity contribution in [3.63, 3.8) is 0 Å². The van der Waals surface area contributed by atoms with Gasteiger partial charge in [-0.2, -0.15) is 0 Å². The van der Waals surface area contributed by atoms with E-state index in [0.29, 0.717) is 16.7 Å². The summed E-state index contributed by atoms with van der Waals surface area (Å²) in [4.78, 5) is 31.4. The number of hydrogen-bond acceptors (Lipinski definition) is 5. The Labute approximate surface area is 158 Å². The Morgan fingerprint density at radius 2 is 1.81 bits per heavy atom. The number of hydrogen-bond donors (Lipinski definition) is 1. The van der Waals surface area contributed by atoms with E-state index in [-0.39, 0.29) is 11.4 Å². The lowest BCUT2D eigenvalue weighted by atomic mass is 10.2. The fourth-order valence-electron chi connectivity index (χ4n) is 2.39. The lowest BCUT2D eigenvalue weighted by Gasteiger charge is -2.17. The van der Waals surface area contributed by atoms with E-state index in [9.17, 15) is 9.59 Å². The molecule has 26 heavy (non-hydrogen) atoms. The largest absolute Gasteiger partial charge is 0.479 e. The van der Waals surface area contributed by atoms with E-state index in [0.717, 1.165) is 4.47 Å². The maximum absolute atomic E-state index is 12.3. The second-order valence-corrected chi connectivity index (χ2v) is 6.68. The molecular weight excluding hydrogens is 400 g/mol. The fraction of sp³-hybridized carbons (Fsp3) is 0.211. The molecule has 7 heteroatoms. The second kappa shape index (κ2) is 7.70. The van der Waals surface area contributed by atoms with Crippen LogP contribution in [0, 0.1) is 0 Å². The highest BCUT2D eigenvalue weighted by molar-refractivity contribution is 9.10. The van der Waals surface area contributed by atoms with E-state index in [4.69, 9.17) is 9.47 Å². The van der Waals surface area contributed by atoms with Crippen LogP contribution in [0.1, 0.15) is 25.8 Å². The Morgan fingerprint density at radius 3 is 2.54 bits per heavy atom. The molecule has 2 unspecified atom stereocenters. The third-order valence-corrected chi connectivity index (χ3v) is 4.30. The van der Waals surface area contributed by atoms with Gasteiger partial charge in [-0.25, -0.2) is 9.78 Å². The predicted octanol–water partition coefficient (Wildman–Crippen LogP) is 3.76. The zero-order chi connectivity index (χ0) is 18.7. The summed E-state index contributed by atoms with van der Waals surface area (Å²) in [6, 6.07) is 14.1. The number of para-hydroxylation sites is 1. The molecule has 0 fully saturated rings. The molecule has 2 atom stereocenters. The minimum atomic E-state index is -0.800. The molecule has 1 heterocycles. The van der Waals surface area contributed by atoms with E-state index in [1.54, 1.807) is 50.2 Å². The molecule has 0 amide bonds. The highest BCUT2D eigenvalue weighted by atomic mass is 79.9. The van der Waals surface area contributed by atoms with Gasteiger partial charge in [0, 0.05) is 4.47 Å². The van der Waals surface area contributed by atoms with Gasteiger partial charge in [0.25, 0.3) is 5.56 Å². The van der Waals surface area contributed by atoms with Gasteiger partial charge in [-0.05, 0) is 50.2 Å². The smallest absolute Gasteiger partial charge is 0.347 e. The Balaban J connectivity index is 1.70. The van der Waals surface area contributed by atoms with Crippen molar-refractivity contribution in [3.8, 4) is 5.75 Å². The average molecular weight is 417 g/mol. The molecule has 0 aliphatic heterocycles. The van der Waals surface area contributed by atoms with Crippen LogP contribution in [-0.2, 0) is 9.53 Å². The first-order valence-corrected chi connectivity index (χ1v) is 8.85. The summed E-state index contributed by atoms with van der Waals surface area (Å²) in [6.07, 6.45) is -1.51. The molecule has 134 valence electrons. The normalized spacial score (nSPS) is 13.2. The van der Waals surface area contributed by atoms with Gasteiger partial charge >= 0.3 is 5.97 Å². The Bertz CT molecular complexity index is 985. The molecule has 1 N–H and O–H groups in total. The molecule has 2 aromatic carbocycles. The monoisotopic (exact) mass is 416 g/mol. The molecule has 0 spiro atoms. The zero-order valence-corrected chi connectivity index (χ0v) is 15.8. The van der Waals surface area contributed by atoms with E-state index in [1.807, 2.05) is 12.1 Å². The van der Waals surface area contributed by atoms with E-state index >= 15 is 0 Å². The van der Waals surface area contributed by atoms with Crippen LogP contribution in [-0.4, -0.2) is 22.0 Å². The molecule has 0 bridgehead atoms. The van der Waals surface area contributed by atoms with Crippen molar-refractivity contribution in [2.45, 2.75) is 26.1 Å². The van der Waals surface area contributed by atoms with Crippen LogP contribution >= 0.6 is 15.9 Å². The van der Waals surface area contributed by atoms with Crippen LogP contribution in [0.2, 0.25) is 0 Å². The third kappa shape index (κ3) is 4.11. The number of aromatic nitrogens is 2. The number of nitrogens with one attached hydrogen (secondary N) is 1. The summed E-state index contributed by atoms with van der Waals surface area (Å²) in [5, 5.41) is 0.488. The van der Waals surface area contributed by atoms with Crippen molar-refractivity contribution in [1.29, 1.82) is 0 Å². The van der Waals surface area contributed by atoms with Crippen molar-refractivity contribution in [1.82, 2.24) is 9.97 Å². The van der Waals surface area contributed by atoms with Gasteiger partial charge in [-0.15, -0.1) is 0 Å². The number of aromatic amines is 1. The number of carbonyl (C=O) groups excluding carboxylic acids is 1. The molecular formula is C19H17BrN2O4. The number of ether oxygens (including phenoxy) is 2. The SMILES string of the molecule is CC(Oc1ccc(Br)cc1)C(=O)OC(C)c1nc2ccccc2c(=O)[nH]1. The highest BCUT2D eigenvalue weighted by Gasteiger charge is 2.21. The van der Waals surface area contributed by atoms with Crippen LogP contribution in [0.3, 0.4) is 0 Å². The van der Waals surface area contributed by atoms with Gasteiger partial charge < -0.3 is 14.5 Å². The Kier molecular flexibility index (Phi) is 5.37. The number of rotatable bonds is 5. The summed E-state index contributed by atoms with van der Waals surface area (Å²) in [5.74, 6) is 0.302. The summed E-state index contributed by atoms with van der Waals surface area (Å²) in [5.41, 5.74) is 0.279. The lowest BCUT2D eigenvalue weighted by molar-refractivity contribution is -0.156. The van der Waals surface area contributed by atoms with Gasteiger partial charge in [0.15, 0.2) is 18.0 Å². The number of nitrogens with zero attached hydrogens (tertiary/aromatic N) is 1. The summed E-state index contributed by atoms with van der Waals surface area (Å²) >= 11 is 3.34. The molecule has 1 aromatic heterocycles. The molecule has 0 saturated heterocycles. The second-order valence-electron chi connectivity index (χ2n) is 5.76. The fourth-order valence-corrected chi connectivity index (χ4v) is 2.65. The molecule has 0 radical (unpaired) electrons. The van der Waals surface area contributed by atoms with Crippen LogP contribution in [0.25, 0.3) is 10.9 Å². The molecule has 3 aromatic rings. The predicted molar refractivity (Wildman–Crippen MR) is 101 cm³/mol. The molecule has 0 saturated carbocycles. The van der Waals surface area contributed by atoms with Crippen LogP contribution in [0.15, 0.2) is 57.8 Å². The quantitative estimate of drug-likeness (QED) is 0.640. The summed E-state index contributed by atoms with van der Waals surface area (Å²) in [6.45, 7) is 3.25. The van der Waals surface area contributed by atoms with Gasteiger partial charge in [0.05, 0.1) is 10.9 Å². The van der Waals surface area contributed by atoms with Crippen molar-refractivity contribution < 1.29 is 14.3 Å². The van der Waals surface area contributed by atoms with E-state index < -0.39 is 18.2 Å². The first-order valence-electron chi connectivity index (χ1n) is 8.05. The average Bonchev–Trinajstić information content (AvgIpc) is 2.63. The van der Waals surface area contributed by atoms with Crippen molar-refractivity contribution in [2.24, 2.45) is 0 Å². The Morgan fingerprint density at radius 1 is 1.12 bits per heavy atom. The van der Waals surface area contributed by atoms with Crippen LogP contribution in [0.5, 0.6) is 5.75 Å².